The summed E-state index contributed by atoms with van der Waals surface area (Å²) in [4.78, 5) is 37.4. The molecule has 0 heterocycles. The molecule has 9 nitrogen and oxygen atoms in total. The molecule has 0 saturated carbocycles. The van der Waals surface area contributed by atoms with E-state index in [-0.39, 0.29) is 26.1 Å². The number of nitrogens with zero attached hydrogens (tertiary/aromatic N) is 1. The van der Waals surface area contributed by atoms with Crippen LogP contribution in [0.1, 0.15) is 168 Å². The van der Waals surface area contributed by atoms with Gasteiger partial charge in [-0.15, -0.1) is 0 Å². The second-order valence-electron chi connectivity index (χ2n) is 15.4. The predicted molar refractivity (Wildman–Crippen MR) is 222 cm³/mol. The van der Waals surface area contributed by atoms with Gasteiger partial charge in [0.1, 0.15) is 19.8 Å². The van der Waals surface area contributed by atoms with E-state index < -0.39 is 32.5 Å². The second-order valence-corrected chi connectivity index (χ2v) is 16.8. The van der Waals surface area contributed by atoms with E-state index in [9.17, 15) is 19.0 Å². The summed E-state index contributed by atoms with van der Waals surface area (Å²) < 4.78 is 33.8. The smallest absolute Gasteiger partial charge is 0.306 e. The summed E-state index contributed by atoms with van der Waals surface area (Å²) in [6, 6.07) is 0. The lowest BCUT2D eigenvalue weighted by atomic mass is 10.1. The summed E-state index contributed by atoms with van der Waals surface area (Å²) >= 11 is 0. The largest absolute Gasteiger partial charge is 0.756 e. The Kier molecular flexibility index (Phi) is 35.2. The maximum Gasteiger partial charge on any atom is 0.306 e. The number of carbonyl (C=O) groups excluding carboxylic acids is 2. The molecule has 0 amide bonds. The average Bonchev–Trinajstić information content (AvgIpc) is 3.12. The zero-order valence-corrected chi connectivity index (χ0v) is 36.0. The highest BCUT2D eigenvalue weighted by molar-refractivity contribution is 7.45. The van der Waals surface area contributed by atoms with Crippen LogP contribution in [-0.4, -0.2) is 70.0 Å². The van der Waals surface area contributed by atoms with Crippen molar-refractivity contribution in [3.05, 3.63) is 48.6 Å². The summed E-state index contributed by atoms with van der Waals surface area (Å²) in [5.74, 6) is -0.893. The molecule has 0 N–H and O–H groups in total. The first kappa shape index (κ1) is 52.0. The molecule has 0 fully saturated rings. The normalized spacial score (nSPS) is 14.1. The molecular weight excluding hydrogens is 701 g/mol. The van der Waals surface area contributed by atoms with E-state index in [0.29, 0.717) is 23.9 Å². The molecule has 54 heavy (non-hydrogen) atoms. The minimum atomic E-state index is -4.63. The van der Waals surface area contributed by atoms with E-state index in [2.05, 4.69) is 62.5 Å². The van der Waals surface area contributed by atoms with E-state index in [1.54, 1.807) is 0 Å². The van der Waals surface area contributed by atoms with Crippen LogP contribution in [0.15, 0.2) is 48.6 Å². The second kappa shape index (κ2) is 36.6. The quantitative estimate of drug-likeness (QED) is 0.0152. The number of hydrogen-bond donors (Lipinski definition) is 0. The van der Waals surface area contributed by atoms with Crippen molar-refractivity contribution in [2.24, 2.45) is 0 Å². The number of hydrogen-bond acceptors (Lipinski definition) is 8. The van der Waals surface area contributed by atoms with Gasteiger partial charge in [-0.1, -0.05) is 133 Å². The van der Waals surface area contributed by atoms with Crippen molar-refractivity contribution in [1.82, 2.24) is 0 Å². The summed E-state index contributed by atoms with van der Waals surface area (Å²) in [5.41, 5.74) is 0. The zero-order valence-electron chi connectivity index (χ0n) is 35.2. The van der Waals surface area contributed by atoms with E-state index >= 15 is 0 Å². The van der Waals surface area contributed by atoms with Crippen LogP contribution >= 0.6 is 7.82 Å². The van der Waals surface area contributed by atoms with Gasteiger partial charge in [0, 0.05) is 12.8 Å². The Bertz CT molecular complexity index is 1070. The van der Waals surface area contributed by atoms with E-state index in [0.717, 1.165) is 64.2 Å². The molecule has 0 aliphatic carbocycles. The van der Waals surface area contributed by atoms with Gasteiger partial charge in [0.2, 0.25) is 0 Å². The Hall–Kier alpha value is -2.03. The van der Waals surface area contributed by atoms with Crippen LogP contribution in [0, 0.1) is 0 Å². The highest BCUT2D eigenvalue weighted by Gasteiger charge is 2.21. The average molecular weight is 782 g/mol. The third-order valence-electron chi connectivity index (χ3n) is 8.85. The van der Waals surface area contributed by atoms with Crippen LogP contribution in [0.5, 0.6) is 0 Å². The molecule has 0 radical (unpaired) electrons. The highest BCUT2D eigenvalue weighted by Crippen LogP contribution is 2.38. The fourth-order valence-electron chi connectivity index (χ4n) is 5.44. The van der Waals surface area contributed by atoms with Gasteiger partial charge in [-0.3, -0.25) is 14.2 Å². The summed E-state index contributed by atoms with van der Waals surface area (Å²) in [7, 11) is 1.13. The van der Waals surface area contributed by atoms with Crippen LogP contribution in [0.4, 0.5) is 0 Å². The topological polar surface area (TPSA) is 111 Å². The monoisotopic (exact) mass is 782 g/mol. The molecule has 1 unspecified atom stereocenters. The number of phosphoric ester groups is 1. The molecule has 0 aromatic heterocycles. The maximum absolute atomic E-state index is 12.6. The molecule has 2 atom stereocenters. The van der Waals surface area contributed by atoms with Crippen LogP contribution in [-0.2, 0) is 32.7 Å². The molecule has 0 aromatic carbocycles. The molecule has 314 valence electrons. The number of allylic oxidation sites excluding steroid dienone is 8. The van der Waals surface area contributed by atoms with E-state index in [4.69, 9.17) is 18.5 Å². The molecule has 0 aromatic rings. The molecule has 0 aliphatic heterocycles. The Balaban J connectivity index is 4.47. The van der Waals surface area contributed by atoms with Gasteiger partial charge in [0.15, 0.2) is 6.10 Å². The van der Waals surface area contributed by atoms with Crippen molar-refractivity contribution in [1.29, 1.82) is 0 Å². The summed E-state index contributed by atoms with van der Waals surface area (Å²) in [6.45, 7) is 4.13. The lowest BCUT2D eigenvalue weighted by molar-refractivity contribution is -0.870. The Morgan fingerprint density at radius 2 is 1.06 bits per heavy atom. The molecule has 0 rings (SSSR count). The van der Waals surface area contributed by atoms with Crippen LogP contribution < -0.4 is 4.89 Å². The number of ether oxygens (including phenoxy) is 2. The van der Waals surface area contributed by atoms with Gasteiger partial charge < -0.3 is 27.9 Å². The van der Waals surface area contributed by atoms with Crippen molar-refractivity contribution in [3.8, 4) is 0 Å². The first-order valence-corrected chi connectivity index (χ1v) is 22.8. The number of quaternary nitrogens is 1. The standard InChI is InChI=1S/C44H80NO8P/c1-6-8-10-12-14-16-18-20-22-24-26-28-30-32-34-36-43(46)50-40-42(41-52-54(48,49)51-39-38-45(3,4)5)53-44(47)37-35-33-31-29-27-25-23-21-19-17-15-13-11-9-7-2/h16,18,20-23,27,29,42H,6-15,17,19,24-26,28,30-41H2,1-5H3/b18-16+,22-20+,23-21+,29-27+/t42-/m1/s1. The number of unbranched alkanes of at least 4 members (excludes halogenated alkanes) is 17. The van der Waals surface area contributed by atoms with Crippen LogP contribution in [0.3, 0.4) is 0 Å². The zero-order chi connectivity index (χ0) is 40.0. The molecule has 10 heteroatoms. The first-order valence-electron chi connectivity index (χ1n) is 21.4. The summed E-state index contributed by atoms with van der Waals surface area (Å²) in [5, 5.41) is 0. The summed E-state index contributed by atoms with van der Waals surface area (Å²) in [6.07, 6.45) is 41.4. The third-order valence-corrected chi connectivity index (χ3v) is 9.81. The van der Waals surface area contributed by atoms with Crippen molar-refractivity contribution in [2.45, 2.75) is 174 Å². The lowest BCUT2D eigenvalue weighted by Gasteiger charge is -2.28. The SMILES string of the molecule is CCCCCC/C=C/C=C/CCCCCCCC(=O)OC[C@H](COP(=O)([O-])OCC[N+](C)(C)C)OC(=O)CCCC/C=C/C/C=C/CCCCCCCC. The number of phosphoric acid groups is 1. The number of esters is 2. The van der Waals surface area contributed by atoms with Crippen LogP contribution in [0.25, 0.3) is 0 Å². The van der Waals surface area contributed by atoms with Gasteiger partial charge in [-0.2, -0.15) is 0 Å². The van der Waals surface area contributed by atoms with Crippen molar-refractivity contribution >= 4 is 19.8 Å². The van der Waals surface area contributed by atoms with Crippen LogP contribution in [0.2, 0.25) is 0 Å². The molecule has 0 aliphatic rings. The Morgan fingerprint density at radius 1 is 0.593 bits per heavy atom. The van der Waals surface area contributed by atoms with Gasteiger partial charge in [0.05, 0.1) is 27.7 Å². The molecule has 0 spiro atoms. The van der Waals surface area contributed by atoms with Crippen molar-refractivity contribution in [2.75, 3.05) is 47.5 Å². The molecule has 0 saturated heterocycles. The Labute approximate surface area is 331 Å². The number of carbonyl (C=O) groups is 2. The lowest BCUT2D eigenvalue weighted by Crippen LogP contribution is -2.37. The van der Waals surface area contributed by atoms with Gasteiger partial charge in [-0.25, -0.2) is 0 Å². The predicted octanol–water partition coefficient (Wildman–Crippen LogP) is 11.3. The highest BCUT2D eigenvalue weighted by atomic mass is 31.2. The van der Waals surface area contributed by atoms with Gasteiger partial charge >= 0.3 is 11.9 Å². The fraction of sp³-hybridized carbons (Fsp3) is 0.773. The Morgan fingerprint density at radius 3 is 1.63 bits per heavy atom. The minimum Gasteiger partial charge on any atom is -0.756 e. The van der Waals surface area contributed by atoms with Crippen molar-refractivity contribution < 1.29 is 42.1 Å². The van der Waals surface area contributed by atoms with E-state index in [1.807, 2.05) is 21.1 Å². The minimum absolute atomic E-state index is 0.0407. The maximum atomic E-state index is 12.6. The van der Waals surface area contributed by atoms with Crippen molar-refractivity contribution in [3.63, 3.8) is 0 Å². The van der Waals surface area contributed by atoms with Gasteiger partial charge in [0.25, 0.3) is 7.82 Å². The first-order chi connectivity index (χ1) is 26.0. The number of rotatable bonds is 38. The third kappa shape index (κ3) is 39.7. The van der Waals surface area contributed by atoms with E-state index in [1.165, 1.54) is 64.2 Å². The number of likely N-dealkylation sites (N-methyl/N-ethyl adjacent to an activating group) is 1. The fourth-order valence-corrected chi connectivity index (χ4v) is 6.17. The van der Waals surface area contributed by atoms with Gasteiger partial charge in [-0.05, 0) is 70.6 Å². The molecule has 0 bridgehead atoms. The molecular formula is C44H80NO8P.